The van der Waals surface area contributed by atoms with E-state index in [2.05, 4.69) is 36.4 Å². The van der Waals surface area contributed by atoms with Gasteiger partial charge in [0.1, 0.15) is 5.52 Å². The summed E-state index contributed by atoms with van der Waals surface area (Å²) in [7, 11) is 1.59. The molecule has 0 aliphatic carbocycles. The standard InChI is InChI=1S/C27H30N4O4/c1-5-35-25-15-20(7-9-24(25)34-4)17-28-26(32)10-11-30-12-13-31-23(27(30)33)16-22(29-31)21-8-6-18(2)19(3)14-21/h6-9,12-16H,5,10-11,17H2,1-4H3,(H,28,32). The molecule has 1 N–H and O–H groups in total. The van der Waals surface area contributed by atoms with Crippen molar-refractivity contribution in [1.82, 2.24) is 19.5 Å². The Hall–Kier alpha value is -4.07. The molecule has 0 aliphatic heterocycles. The van der Waals surface area contributed by atoms with Gasteiger partial charge in [0, 0.05) is 37.5 Å². The van der Waals surface area contributed by atoms with Crippen LogP contribution in [-0.4, -0.2) is 33.8 Å². The maximum atomic E-state index is 13.0. The van der Waals surface area contributed by atoms with Gasteiger partial charge in [-0.1, -0.05) is 18.2 Å². The summed E-state index contributed by atoms with van der Waals surface area (Å²) >= 11 is 0. The summed E-state index contributed by atoms with van der Waals surface area (Å²) < 4.78 is 14.0. The predicted molar refractivity (Wildman–Crippen MR) is 135 cm³/mol. The minimum Gasteiger partial charge on any atom is -0.493 e. The minimum atomic E-state index is -0.181. The largest absolute Gasteiger partial charge is 0.493 e. The van der Waals surface area contributed by atoms with Gasteiger partial charge in [0.05, 0.1) is 19.4 Å². The summed E-state index contributed by atoms with van der Waals surface area (Å²) in [4.78, 5) is 25.4. The van der Waals surface area contributed by atoms with Crippen LogP contribution in [0.25, 0.3) is 16.8 Å². The number of aromatic nitrogens is 3. The number of benzene rings is 2. The van der Waals surface area contributed by atoms with Crippen LogP contribution in [0.15, 0.2) is 59.7 Å². The molecule has 8 nitrogen and oxygen atoms in total. The molecule has 0 spiro atoms. The van der Waals surface area contributed by atoms with E-state index in [-0.39, 0.29) is 24.4 Å². The molecular weight excluding hydrogens is 444 g/mol. The second kappa shape index (κ2) is 10.5. The van der Waals surface area contributed by atoms with Gasteiger partial charge >= 0.3 is 0 Å². The van der Waals surface area contributed by atoms with E-state index in [9.17, 15) is 9.59 Å². The highest BCUT2D eigenvalue weighted by Gasteiger charge is 2.11. The molecular formula is C27H30N4O4. The first-order valence-corrected chi connectivity index (χ1v) is 11.6. The number of hydrogen-bond acceptors (Lipinski definition) is 5. The van der Waals surface area contributed by atoms with Crippen LogP contribution in [-0.2, 0) is 17.9 Å². The first-order chi connectivity index (χ1) is 16.9. The molecule has 0 saturated heterocycles. The summed E-state index contributed by atoms with van der Waals surface area (Å²) in [6.45, 7) is 7.18. The molecule has 2 aromatic carbocycles. The first kappa shape index (κ1) is 24.1. The van der Waals surface area contributed by atoms with Crippen LogP contribution in [0, 0.1) is 13.8 Å². The lowest BCUT2D eigenvalue weighted by Crippen LogP contribution is -2.27. The molecule has 8 heteroatoms. The van der Waals surface area contributed by atoms with Crippen molar-refractivity contribution in [2.45, 2.75) is 40.3 Å². The van der Waals surface area contributed by atoms with Crippen molar-refractivity contribution in [3.05, 3.63) is 81.9 Å². The maximum absolute atomic E-state index is 13.0. The molecule has 0 atom stereocenters. The highest BCUT2D eigenvalue weighted by atomic mass is 16.5. The number of carbonyl (C=O) groups is 1. The normalized spacial score (nSPS) is 11.0. The van der Waals surface area contributed by atoms with Gasteiger partial charge in [0.25, 0.3) is 5.56 Å². The van der Waals surface area contributed by atoms with E-state index in [1.807, 2.05) is 31.2 Å². The Kier molecular flexibility index (Phi) is 7.19. The fourth-order valence-electron chi connectivity index (χ4n) is 3.85. The van der Waals surface area contributed by atoms with Gasteiger partial charge in [0.15, 0.2) is 11.5 Å². The smallest absolute Gasteiger partial charge is 0.276 e. The van der Waals surface area contributed by atoms with Gasteiger partial charge < -0.3 is 19.4 Å². The van der Waals surface area contributed by atoms with Gasteiger partial charge in [0.2, 0.25) is 5.91 Å². The van der Waals surface area contributed by atoms with Gasteiger partial charge in [-0.2, -0.15) is 5.10 Å². The molecule has 0 radical (unpaired) electrons. The number of rotatable bonds is 9. The summed E-state index contributed by atoms with van der Waals surface area (Å²) in [5, 5.41) is 7.45. The van der Waals surface area contributed by atoms with Gasteiger partial charge in [-0.05, 0) is 61.7 Å². The van der Waals surface area contributed by atoms with Crippen molar-refractivity contribution in [3.8, 4) is 22.8 Å². The number of fused-ring (bicyclic) bond motifs is 1. The zero-order chi connectivity index (χ0) is 24.9. The van der Waals surface area contributed by atoms with Crippen LogP contribution < -0.4 is 20.3 Å². The van der Waals surface area contributed by atoms with Gasteiger partial charge in [-0.3, -0.25) is 9.59 Å². The van der Waals surface area contributed by atoms with Crippen LogP contribution in [0.5, 0.6) is 11.5 Å². The van der Waals surface area contributed by atoms with Crippen LogP contribution in [0.3, 0.4) is 0 Å². The van der Waals surface area contributed by atoms with E-state index >= 15 is 0 Å². The molecule has 0 bridgehead atoms. The Morgan fingerprint density at radius 2 is 1.86 bits per heavy atom. The second-order valence-corrected chi connectivity index (χ2v) is 8.40. The molecule has 182 valence electrons. The Labute approximate surface area is 204 Å². The third kappa shape index (κ3) is 5.37. The Morgan fingerprint density at radius 1 is 1.03 bits per heavy atom. The van der Waals surface area contributed by atoms with Crippen molar-refractivity contribution in [3.63, 3.8) is 0 Å². The number of nitrogens with zero attached hydrogens (tertiary/aromatic N) is 3. The average molecular weight is 475 g/mol. The number of ether oxygens (including phenoxy) is 2. The van der Waals surface area contributed by atoms with Crippen molar-refractivity contribution >= 4 is 11.4 Å². The molecule has 4 aromatic rings. The first-order valence-electron chi connectivity index (χ1n) is 11.6. The lowest BCUT2D eigenvalue weighted by atomic mass is 10.0. The molecule has 0 fully saturated rings. The number of methoxy groups -OCH3 is 1. The Bertz CT molecular complexity index is 1420. The topological polar surface area (TPSA) is 86.9 Å². The average Bonchev–Trinajstić information content (AvgIpc) is 3.30. The monoisotopic (exact) mass is 474 g/mol. The third-order valence-electron chi connectivity index (χ3n) is 6.00. The molecule has 2 aromatic heterocycles. The van der Waals surface area contributed by atoms with E-state index in [1.54, 1.807) is 34.7 Å². The quantitative estimate of drug-likeness (QED) is 0.398. The lowest BCUT2D eigenvalue weighted by molar-refractivity contribution is -0.121. The lowest BCUT2D eigenvalue weighted by Gasteiger charge is -2.12. The Morgan fingerprint density at radius 3 is 2.60 bits per heavy atom. The minimum absolute atomic E-state index is 0.144. The van der Waals surface area contributed by atoms with Crippen LogP contribution in [0.1, 0.15) is 30.0 Å². The number of carbonyl (C=O) groups excluding carboxylic acids is 1. The third-order valence-corrected chi connectivity index (χ3v) is 6.00. The zero-order valence-corrected chi connectivity index (χ0v) is 20.5. The fourth-order valence-corrected chi connectivity index (χ4v) is 3.85. The molecule has 2 heterocycles. The molecule has 1 amide bonds. The summed E-state index contributed by atoms with van der Waals surface area (Å²) in [6, 6.07) is 13.5. The molecule has 0 aliphatic rings. The summed E-state index contributed by atoms with van der Waals surface area (Å²) in [5.74, 6) is 1.15. The van der Waals surface area contributed by atoms with E-state index < -0.39 is 0 Å². The number of aryl methyl sites for hydroxylation is 3. The van der Waals surface area contributed by atoms with Crippen LogP contribution in [0.4, 0.5) is 0 Å². The van der Waals surface area contributed by atoms with Crippen molar-refractivity contribution < 1.29 is 14.3 Å². The second-order valence-electron chi connectivity index (χ2n) is 8.40. The molecule has 0 unspecified atom stereocenters. The van der Waals surface area contributed by atoms with Crippen molar-refractivity contribution in [2.75, 3.05) is 13.7 Å². The molecule has 0 saturated carbocycles. The van der Waals surface area contributed by atoms with Gasteiger partial charge in [-0.25, -0.2) is 4.52 Å². The maximum Gasteiger partial charge on any atom is 0.276 e. The van der Waals surface area contributed by atoms with E-state index in [4.69, 9.17) is 9.47 Å². The van der Waals surface area contributed by atoms with E-state index in [0.717, 1.165) is 16.8 Å². The van der Waals surface area contributed by atoms with Crippen molar-refractivity contribution in [1.29, 1.82) is 0 Å². The van der Waals surface area contributed by atoms with E-state index in [1.165, 1.54) is 11.1 Å². The molecule has 35 heavy (non-hydrogen) atoms. The Balaban J connectivity index is 1.41. The summed E-state index contributed by atoms with van der Waals surface area (Å²) in [6.07, 6.45) is 3.59. The SMILES string of the molecule is CCOc1cc(CNC(=O)CCn2ccn3nc(-c4ccc(C)c(C)c4)cc3c2=O)ccc1OC. The van der Waals surface area contributed by atoms with Crippen molar-refractivity contribution in [2.24, 2.45) is 0 Å². The van der Waals surface area contributed by atoms with Crippen LogP contribution in [0.2, 0.25) is 0 Å². The highest BCUT2D eigenvalue weighted by Crippen LogP contribution is 2.28. The van der Waals surface area contributed by atoms with Gasteiger partial charge in [-0.15, -0.1) is 0 Å². The predicted octanol–water partition coefficient (Wildman–Crippen LogP) is 3.89. The summed E-state index contributed by atoms with van der Waals surface area (Å²) in [5.41, 5.74) is 5.29. The van der Waals surface area contributed by atoms with E-state index in [0.29, 0.717) is 30.2 Å². The van der Waals surface area contributed by atoms with Crippen LogP contribution >= 0.6 is 0 Å². The highest BCUT2D eigenvalue weighted by molar-refractivity contribution is 5.75. The number of hydrogen-bond donors (Lipinski definition) is 1. The number of amides is 1. The number of nitrogens with one attached hydrogen (secondary N) is 1. The fraction of sp³-hybridized carbons (Fsp3) is 0.296. The zero-order valence-electron chi connectivity index (χ0n) is 20.5. The molecule has 4 rings (SSSR count).